The van der Waals surface area contributed by atoms with Gasteiger partial charge in [-0.3, -0.25) is 0 Å². The van der Waals surface area contributed by atoms with Crippen LogP contribution in [0.15, 0.2) is 27.1 Å². The van der Waals surface area contributed by atoms with Gasteiger partial charge < -0.3 is 10.3 Å². The van der Waals surface area contributed by atoms with Crippen LogP contribution in [0.25, 0.3) is 11.4 Å². The standard InChI is InChI=1S/C13H12FN5OS2/c1-6-3-4-8(5-9(6)14)10-16-11(20-19-10)7(2)21-13-18-17-12(15)22-13/h3-5,7H,1-2H3,(H2,15,17)/t7-/m0/s1. The molecule has 0 radical (unpaired) electrons. The highest BCUT2D eigenvalue weighted by Gasteiger charge is 2.18. The monoisotopic (exact) mass is 337 g/mol. The van der Waals surface area contributed by atoms with Gasteiger partial charge in [-0.15, -0.1) is 10.2 Å². The van der Waals surface area contributed by atoms with E-state index in [4.69, 9.17) is 10.3 Å². The SMILES string of the molecule is Cc1ccc(-c2noc([C@H](C)Sc3nnc(N)s3)n2)cc1F. The van der Waals surface area contributed by atoms with Crippen molar-refractivity contribution in [2.24, 2.45) is 0 Å². The molecular formula is C13H12FN5OS2. The Morgan fingerprint density at radius 3 is 2.86 bits per heavy atom. The highest BCUT2D eigenvalue weighted by atomic mass is 32.2. The highest BCUT2D eigenvalue weighted by Crippen LogP contribution is 2.36. The summed E-state index contributed by atoms with van der Waals surface area (Å²) in [6, 6.07) is 4.84. The molecule has 1 atom stereocenters. The Morgan fingerprint density at radius 1 is 1.36 bits per heavy atom. The smallest absolute Gasteiger partial charge is 0.240 e. The van der Waals surface area contributed by atoms with Crippen molar-refractivity contribution in [3.63, 3.8) is 0 Å². The fourth-order valence-electron chi connectivity index (χ4n) is 1.72. The lowest BCUT2D eigenvalue weighted by Gasteiger charge is -2.01. The van der Waals surface area contributed by atoms with Gasteiger partial charge in [-0.1, -0.05) is 40.4 Å². The second-order valence-corrected chi connectivity index (χ2v) is 7.18. The van der Waals surface area contributed by atoms with Gasteiger partial charge in [0.25, 0.3) is 0 Å². The second-order valence-electron chi connectivity index (χ2n) is 4.59. The predicted octanol–water partition coefficient (Wildman–Crippen LogP) is 3.47. The zero-order chi connectivity index (χ0) is 15.7. The number of nitrogen functional groups attached to an aromatic ring is 1. The Hall–Kier alpha value is -2.00. The summed E-state index contributed by atoms with van der Waals surface area (Å²) in [5.41, 5.74) is 6.70. The summed E-state index contributed by atoms with van der Waals surface area (Å²) in [4.78, 5) is 4.31. The number of anilines is 1. The van der Waals surface area contributed by atoms with Crippen LogP contribution < -0.4 is 5.73 Å². The van der Waals surface area contributed by atoms with Gasteiger partial charge in [0.15, 0.2) is 4.34 Å². The minimum Gasteiger partial charge on any atom is -0.374 e. The zero-order valence-electron chi connectivity index (χ0n) is 11.8. The lowest BCUT2D eigenvalue weighted by molar-refractivity contribution is 0.381. The molecule has 1 aromatic carbocycles. The summed E-state index contributed by atoms with van der Waals surface area (Å²) >= 11 is 2.72. The third kappa shape index (κ3) is 3.09. The van der Waals surface area contributed by atoms with E-state index in [1.807, 2.05) is 6.92 Å². The maximum absolute atomic E-state index is 13.6. The third-order valence-electron chi connectivity index (χ3n) is 2.92. The zero-order valence-corrected chi connectivity index (χ0v) is 13.4. The van der Waals surface area contributed by atoms with Crippen molar-refractivity contribution in [3.05, 3.63) is 35.5 Å². The number of hydrogen-bond donors (Lipinski definition) is 1. The van der Waals surface area contributed by atoms with E-state index in [1.54, 1.807) is 19.1 Å². The molecule has 0 aliphatic heterocycles. The highest BCUT2D eigenvalue weighted by molar-refractivity contribution is 8.01. The van der Waals surface area contributed by atoms with Crippen molar-refractivity contribution in [2.75, 3.05) is 5.73 Å². The van der Waals surface area contributed by atoms with Crippen LogP contribution in [0.5, 0.6) is 0 Å². The van der Waals surface area contributed by atoms with Gasteiger partial charge in [0.1, 0.15) is 5.82 Å². The van der Waals surface area contributed by atoms with Gasteiger partial charge in [-0.05, 0) is 25.5 Å². The molecule has 2 aromatic heterocycles. The van der Waals surface area contributed by atoms with Crippen LogP contribution in [-0.4, -0.2) is 20.3 Å². The molecule has 0 saturated heterocycles. The van der Waals surface area contributed by atoms with Crippen LogP contribution in [0.3, 0.4) is 0 Å². The molecule has 0 spiro atoms. The van der Waals surface area contributed by atoms with Crippen molar-refractivity contribution in [3.8, 4) is 11.4 Å². The maximum Gasteiger partial charge on any atom is 0.240 e. The van der Waals surface area contributed by atoms with Crippen molar-refractivity contribution in [1.29, 1.82) is 0 Å². The normalized spacial score (nSPS) is 12.5. The molecule has 6 nitrogen and oxygen atoms in total. The summed E-state index contributed by atoms with van der Waals surface area (Å²) < 4.78 is 19.6. The van der Waals surface area contributed by atoms with Crippen molar-refractivity contribution >= 4 is 28.2 Å². The van der Waals surface area contributed by atoms with E-state index >= 15 is 0 Å². The average molecular weight is 337 g/mol. The van der Waals surface area contributed by atoms with E-state index in [0.717, 1.165) is 4.34 Å². The van der Waals surface area contributed by atoms with Crippen molar-refractivity contribution < 1.29 is 8.91 Å². The number of hydrogen-bond acceptors (Lipinski definition) is 8. The van der Waals surface area contributed by atoms with E-state index in [0.29, 0.717) is 28.0 Å². The molecule has 0 fully saturated rings. The number of halogens is 1. The number of aromatic nitrogens is 4. The predicted molar refractivity (Wildman–Crippen MR) is 83.0 cm³/mol. The molecule has 0 saturated carbocycles. The Morgan fingerprint density at radius 2 is 2.18 bits per heavy atom. The lowest BCUT2D eigenvalue weighted by atomic mass is 10.1. The number of nitrogens with two attached hydrogens (primary N) is 1. The quantitative estimate of drug-likeness (QED) is 0.729. The van der Waals surface area contributed by atoms with Crippen LogP contribution in [0.4, 0.5) is 9.52 Å². The van der Waals surface area contributed by atoms with Gasteiger partial charge in [-0.2, -0.15) is 4.98 Å². The van der Waals surface area contributed by atoms with E-state index in [1.165, 1.54) is 29.2 Å². The van der Waals surface area contributed by atoms with Crippen molar-refractivity contribution in [2.45, 2.75) is 23.4 Å². The fraction of sp³-hybridized carbons (Fsp3) is 0.231. The molecular weight excluding hydrogens is 325 g/mol. The molecule has 3 rings (SSSR count). The van der Waals surface area contributed by atoms with E-state index < -0.39 is 0 Å². The van der Waals surface area contributed by atoms with E-state index in [9.17, 15) is 4.39 Å². The van der Waals surface area contributed by atoms with Crippen molar-refractivity contribution in [1.82, 2.24) is 20.3 Å². The summed E-state index contributed by atoms with van der Waals surface area (Å²) in [5.74, 6) is 0.503. The van der Waals surface area contributed by atoms with Crippen LogP contribution in [-0.2, 0) is 0 Å². The summed E-state index contributed by atoms with van der Waals surface area (Å²) in [5, 5.41) is 11.9. The first kappa shape index (κ1) is 14.9. The Balaban J connectivity index is 1.79. The van der Waals surface area contributed by atoms with E-state index in [-0.39, 0.29) is 11.1 Å². The van der Waals surface area contributed by atoms with Crippen LogP contribution in [0.2, 0.25) is 0 Å². The van der Waals surface area contributed by atoms with Gasteiger partial charge in [-0.25, -0.2) is 4.39 Å². The first-order valence-corrected chi connectivity index (χ1v) is 8.08. The van der Waals surface area contributed by atoms with Gasteiger partial charge in [0.05, 0.1) is 5.25 Å². The summed E-state index contributed by atoms with van der Waals surface area (Å²) in [6.45, 7) is 3.61. The van der Waals surface area contributed by atoms with Gasteiger partial charge >= 0.3 is 0 Å². The third-order valence-corrected chi connectivity index (χ3v) is 4.84. The van der Waals surface area contributed by atoms with Gasteiger partial charge in [0.2, 0.25) is 16.8 Å². The number of nitrogens with zero attached hydrogens (tertiary/aromatic N) is 4. The summed E-state index contributed by atoms with van der Waals surface area (Å²) in [7, 11) is 0. The minimum absolute atomic E-state index is 0.108. The molecule has 22 heavy (non-hydrogen) atoms. The Bertz CT molecular complexity index is 803. The first-order chi connectivity index (χ1) is 10.5. The molecule has 0 bridgehead atoms. The second kappa shape index (κ2) is 6.01. The first-order valence-electron chi connectivity index (χ1n) is 6.38. The summed E-state index contributed by atoms with van der Waals surface area (Å²) in [6.07, 6.45) is 0. The maximum atomic E-state index is 13.6. The number of benzene rings is 1. The topological polar surface area (TPSA) is 90.7 Å². The largest absolute Gasteiger partial charge is 0.374 e. The molecule has 9 heteroatoms. The molecule has 3 aromatic rings. The van der Waals surface area contributed by atoms with Crippen LogP contribution >= 0.6 is 23.1 Å². The molecule has 0 aliphatic carbocycles. The fourth-order valence-corrected chi connectivity index (χ4v) is 3.53. The molecule has 2 heterocycles. The minimum atomic E-state index is -0.296. The van der Waals surface area contributed by atoms with Crippen LogP contribution in [0, 0.1) is 12.7 Å². The van der Waals surface area contributed by atoms with Crippen LogP contribution in [0.1, 0.15) is 23.6 Å². The molecule has 114 valence electrons. The molecule has 0 amide bonds. The lowest BCUT2D eigenvalue weighted by Crippen LogP contribution is -1.90. The average Bonchev–Trinajstić information content (AvgIpc) is 3.11. The molecule has 0 unspecified atom stereocenters. The van der Waals surface area contributed by atoms with E-state index in [2.05, 4.69) is 20.3 Å². The molecule has 2 N–H and O–H groups in total. The Kier molecular flexibility index (Phi) is 4.08. The number of thioether (sulfide) groups is 1. The Labute approximate surface area is 134 Å². The number of rotatable bonds is 4. The number of aryl methyl sites for hydroxylation is 1. The molecule has 0 aliphatic rings. The van der Waals surface area contributed by atoms with Gasteiger partial charge in [0, 0.05) is 5.56 Å².